The third kappa shape index (κ3) is 2.70. The molecule has 2 heterocycles. The molecule has 20 heavy (non-hydrogen) atoms. The molecule has 3 rings (SSSR count). The first-order valence-corrected chi connectivity index (χ1v) is 6.79. The fourth-order valence-electron chi connectivity index (χ4n) is 2.45. The molecule has 1 aliphatic rings. The number of fused-ring (bicyclic) bond motifs is 1. The summed E-state index contributed by atoms with van der Waals surface area (Å²) in [7, 11) is 0. The highest BCUT2D eigenvalue weighted by molar-refractivity contribution is 6.04. The van der Waals surface area contributed by atoms with Gasteiger partial charge >= 0.3 is 0 Å². The normalized spacial score (nSPS) is 13.7. The van der Waals surface area contributed by atoms with Crippen LogP contribution in [0.4, 0.5) is 5.69 Å². The van der Waals surface area contributed by atoms with E-state index in [2.05, 4.69) is 21.7 Å². The van der Waals surface area contributed by atoms with Crippen LogP contribution in [0.1, 0.15) is 27.2 Å². The summed E-state index contributed by atoms with van der Waals surface area (Å²) in [6.07, 6.45) is 2.70. The fraction of sp³-hybridized carbons (Fsp3) is 0.250. The van der Waals surface area contributed by atoms with Crippen molar-refractivity contribution in [3.05, 3.63) is 58.9 Å². The molecule has 0 saturated carbocycles. The monoisotopic (exact) mass is 267 g/mol. The van der Waals surface area contributed by atoms with Crippen molar-refractivity contribution in [3.8, 4) is 0 Å². The first-order valence-electron chi connectivity index (χ1n) is 6.79. The summed E-state index contributed by atoms with van der Waals surface area (Å²) in [4.78, 5) is 16.3. The average molecular weight is 267 g/mol. The number of amides is 1. The number of rotatable bonds is 2. The SMILES string of the molecule is Cc1cc(C(=O)Nc2ccc3c(c2)CNCC3)ccn1. The Hall–Kier alpha value is -2.20. The van der Waals surface area contributed by atoms with Gasteiger partial charge in [0.15, 0.2) is 0 Å². The van der Waals surface area contributed by atoms with Crippen molar-refractivity contribution in [2.24, 2.45) is 0 Å². The lowest BCUT2D eigenvalue weighted by Gasteiger charge is -2.18. The lowest BCUT2D eigenvalue weighted by molar-refractivity contribution is 0.102. The van der Waals surface area contributed by atoms with Crippen LogP contribution >= 0.6 is 0 Å². The summed E-state index contributed by atoms with van der Waals surface area (Å²) in [6, 6.07) is 9.63. The Kier molecular flexibility index (Phi) is 3.48. The van der Waals surface area contributed by atoms with Crippen LogP contribution in [-0.4, -0.2) is 17.4 Å². The predicted molar refractivity (Wildman–Crippen MR) is 78.8 cm³/mol. The largest absolute Gasteiger partial charge is 0.322 e. The minimum Gasteiger partial charge on any atom is -0.322 e. The van der Waals surface area contributed by atoms with E-state index in [9.17, 15) is 4.79 Å². The molecule has 1 aromatic carbocycles. The van der Waals surface area contributed by atoms with Gasteiger partial charge in [0.1, 0.15) is 0 Å². The molecular formula is C16H17N3O. The highest BCUT2D eigenvalue weighted by Gasteiger charge is 2.11. The maximum absolute atomic E-state index is 12.2. The summed E-state index contributed by atoms with van der Waals surface area (Å²) >= 11 is 0. The van der Waals surface area contributed by atoms with Crippen LogP contribution in [0.2, 0.25) is 0 Å². The van der Waals surface area contributed by atoms with E-state index in [-0.39, 0.29) is 5.91 Å². The molecule has 0 fully saturated rings. The van der Waals surface area contributed by atoms with Gasteiger partial charge in [-0.2, -0.15) is 0 Å². The van der Waals surface area contributed by atoms with Crippen LogP contribution in [0.3, 0.4) is 0 Å². The van der Waals surface area contributed by atoms with Gasteiger partial charge in [-0.1, -0.05) is 6.07 Å². The van der Waals surface area contributed by atoms with Crippen molar-refractivity contribution in [2.75, 3.05) is 11.9 Å². The maximum Gasteiger partial charge on any atom is 0.255 e. The smallest absolute Gasteiger partial charge is 0.255 e. The third-order valence-electron chi connectivity index (χ3n) is 3.51. The molecule has 0 atom stereocenters. The molecule has 1 amide bonds. The second-order valence-corrected chi connectivity index (χ2v) is 5.05. The minimum atomic E-state index is -0.0979. The highest BCUT2D eigenvalue weighted by Crippen LogP contribution is 2.19. The number of pyridine rings is 1. The number of aromatic nitrogens is 1. The molecule has 0 unspecified atom stereocenters. The molecule has 0 radical (unpaired) electrons. The number of anilines is 1. The number of hydrogen-bond acceptors (Lipinski definition) is 3. The number of aryl methyl sites for hydroxylation is 1. The molecule has 0 saturated heterocycles. The fourth-order valence-corrected chi connectivity index (χ4v) is 2.45. The van der Waals surface area contributed by atoms with Crippen LogP contribution in [0.15, 0.2) is 36.5 Å². The van der Waals surface area contributed by atoms with Gasteiger partial charge in [-0.3, -0.25) is 9.78 Å². The number of benzene rings is 1. The number of carbonyl (C=O) groups excluding carboxylic acids is 1. The zero-order valence-corrected chi connectivity index (χ0v) is 11.4. The molecule has 2 N–H and O–H groups in total. The summed E-state index contributed by atoms with van der Waals surface area (Å²) in [5.74, 6) is -0.0979. The Bertz CT molecular complexity index is 652. The molecular weight excluding hydrogens is 250 g/mol. The molecule has 4 heteroatoms. The van der Waals surface area contributed by atoms with Gasteiger partial charge in [0.25, 0.3) is 5.91 Å². The summed E-state index contributed by atoms with van der Waals surface area (Å²) < 4.78 is 0. The number of nitrogens with one attached hydrogen (secondary N) is 2. The Labute approximate surface area is 118 Å². The lowest BCUT2D eigenvalue weighted by atomic mass is 10.0. The van der Waals surface area contributed by atoms with Gasteiger partial charge in [-0.15, -0.1) is 0 Å². The molecule has 0 bridgehead atoms. The van der Waals surface area contributed by atoms with E-state index >= 15 is 0 Å². The zero-order chi connectivity index (χ0) is 13.9. The number of carbonyl (C=O) groups is 1. The van der Waals surface area contributed by atoms with Crippen molar-refractivity contribution in [1.29, 1.82) is 0 Å². The van der Waals surface area contributed by atoms with Crippen molar-refractivity contribution in [2.45, 2.75) is 19.9 Å². The van der Waals surface area contributed by atoms with Crippen molar-refractivity contribution >= 4 is 11.6 Å². The number of hydrogen-bond donors (Lipinski definition) is 2. The summed E-state index contributed by atoms with van der Waals surface area (Å²) in [5.41, 5.74) is 4.94. The second-order valence-electron chi connectivity index (χ2n) is 5.05. The Morgan fingerprint density at radius 2 is 2.15 bits per heavy atom. The van der Waals surface area contributed by atoms with Crippen LogP contribution in [0, 0.1) is 6.92 Å². The summed E-state index contributed by atoms with van der Waals surface area (Å²) in [5, 5.41) is 6.28. The molecule has 1 aromatic heterocycles. The topological polar surface area (TPSA) is 54.0 Å². The molecule has 102 valence electrons. The van der Waals surface area contributed by atoms with Gasteiger partial charge in [-0.25, -0.2) is 0 Å². The van der Waals surface area contributed by atoms with Crippen LogP contribution in [0.5, 0.6) is 0 Å². The van der Waals surface area contributed by atoms with Crippen molar-refractivity contribution in [3.63, 3.8) is 0 Å². The second kappa shape index (κ2) is 5.43. The third-order valence-corrected chi connectivity index (χ3v) is 3.51. The Balaban J connectivity index is 1.79. The molecule has 4 nitrogen and oxygen atoms in total. The van der Waals surface area contributed by atoms with Gasteiger partial charge in [0, 0.05) is 29.7 Å². The minimum absolute atomic E-state index is 0.0979. The van der Waals surface area contributed by atoms with E-state index in [0.29, 0.717) is 5.56 Å². The first-order chi connectivity index (χ1) is 9.72. The Morgan fingerprint density at radius 1 is 1.25 bits per heavy atom. The molecule has 0 aliphatic carbocycles. The van der Waals surface area contributed by atoms with Gasteiger partial charge < -0.3 is 10.6 Å². The van der Waals surface area contributed by atoms with E-state index in [1.54, 1.807) is 18.3 Å². The first kappa shape index (κ1) is 12.8. The number of nitrogens with zero attached hydrogens (tertiary/aromatic N) is 1. The van der Waals surface area contributed by atoms with Gasteiger partial charge in [0.2, 0.25) is 0 Å². The highest BCUT2D eigenvalue weighted by atomic mass is 16.1. The standard InChI is InChI=1S/C16H17N3O/c1-11-8-13(5-7-18-11)16(20)19-15-3-2-12-4-6-17-10-14(12)9-15/h2-3,5,7-9,17H,4,6,10H2,1H3,(H,19,20). The van der Waals surface area contributed by atoms with E-state index in [1.165, 1.54) is 11.1 Å². The predicted octanol–water partition coefficient (Wildman–Crippen LogP) is 2.29. The van der Waals surface area contributed by atoms with E-state index < -0.39 is 0 Å². The van der Waals surface area contributed by atoms with Crippen molar-refractivity contribution in [1.82, 2.24) is 10.3 Å². The maximum atomic E-state index is 12.2. The summed E-state index contributed by atoms with van der Waals surface area (Å²) in [6.45, 7) is 3.77. The van der Waals surface area contributed by atoms with Crippen LogP contribution < -0.4 is 10.6 Å². The Morgan fingerprint density at radius 3 is 3.00 bits per heavy atom. The zero-order valence-electron chi connectivity index (χ0n) is 11.4. The van der Waals surface area contributed by atoms with Crippen LogP contribution in [-0.2, 0) is 13.0 Å². The van der Waals surface area contributed by atoms with E-state index in [0.717, 1.165) is 30.9 Å². The average Bonchev–Trinajstić information content (AvgIpc) is 2.47. The van der Waals surface area contributed by atoms with Crippen molar-refractivity contribution < 1.29 is 4.79 Å². The molecule has 1 aliphatic heterocycles. The van der Waals surface area contributed by atoms with Crippen LogP contribution in [0.25, 0.3) is 0 Å². The molecule has 2 aromatic rings. The van der Waals surface area contributed by atoms with E-state index in [1.807, 2.05) is 19.1 Å². The lowest BCUT2D eigenvalue weighted by Crippen LogP contribution is -2.23. The molecule has 0 spiro atoms. The van der Waals surface area contributed by atoms with Gasteiger partial charge in [-0.05, 0) is 55.3 Å². The van der Waals surface area contributed by atoms with E-state index in [4.69, 9.17) is 0 Å². The van der Waals surface area contributed by atoms with Gasteiger partial charge in [0.05, 0.1) is 0 Å². The quantitative estimate of drug-likeness (QED) is 0.877.